The van der Waals surface area contributed by atoms with Crippen LogP contribution in [-0.4, -0.2) is 22.1 Å². The second-order valence-corrected chi connectivity index (χ2v) is 6.13. The van der Waals surface area contributed by atoms with E-state index in [2.05, 4.69) is 9.97 Å². The van der Waals surface area contributed by atoms with Crippen molar-refractivity contribution in [3.63, 3.8) is 0 Å². The summed E-state index contributed by atoms with van der Waals surface area (Å²) in [6.07, 6.45) is -3.22. The quantitative estimate of drug-likeness (QED) is 0.419. The highest BCUT2D eigenvalue weighted by Crippen LogP contribution is 2.51. The first-order valence-corrected chi connectivity index (χ1v) is 7.87. The maximum Gasteiger partial charge on any atom is 0.454 e. The van der Waals surface area contributed by atoms with Gasteiger partial charge in [-0.3, -0.25) is 0 Å². The average molecular weight is 364 g/mol. The predicted octanol–water partition coefficient (Wildman–Crippen LogP) is 5.98. The van der Waals surface area contributed by atoms with Crippen molar-refractivity contribution in [2.75, 3.05) is 0 Å². The van der Waals surface area contributed by atoms with Gasteiger partial charge in [0.2, 0.25) is 0 Å². The number of aromatic amines is 2. The summed E-state index contributed by atoms with van der Waals surface area (Å²) in [5, 5.41) is 0.679. The number of nitrogens with one attached hydrogen (secondary N) is 2. The van der Waals surface area contributed by atoms with Gasteiger partial charge >= 0.3 is 12.1 Å². The van der Waals surface area contributed by atoms with E-state index in [0.29, 0.717) is 21.8 Å². The summed E-state index contributed by atoms with van der Waals surface area (Å²) in [5.74, 6) is -7.11. The number of rotatable bonds is 3. The molecule has 2 N–H and O–H groups in total. The number of para-hydroxylation sites is 2. The lowest BCUT2D eigenvalue weighted by atomic mass is 9.85. The molecule has 0 atom stereocenters. The molecule has 7 heteroatoms. The fraction of sp³-hybridized carbons (Fsp3) is 0.158. The Balaban J connectivity index is 2.02. The van der Waals surface area contributed by atoms with Gasteiger partial charge in [-0.25, -0.2) is 0 Å². The first kappa shape index (κ1) is 16.6. The van der Waals surface area contributed by atoms with Gasteiger partial charge in [0, 0.05) is 34.2 Å². The van der Waals surface area contributed by atoms with Gasteiger partial charge in [0.05, 0.1) is 5.92 Å². The van der Waals surface area contributed by atoms with Crippen LogP contribution in [-0.2, 0) is 0 Å². The first-order valence-electron chi connectivity index (χ1n) is 7.87. The van der Waals surface area contributed by atoms with Crippen LogP contribution < -0.4 is 0 Å². The monoisotopic (exact) mass is 364 g/mol. The van der Waals surface area contributed by atoms with Crippen molar-refractivity contribution in [3.8, 4) is 0 Å². The molecule has 0 unspecified atom stereocenters. The van der Waals surface area contributed by atoms with E-state index in [0.717, 1.165) is 0 Å². The maximum atomic E-state index is 14.6. The summed E-state index contributed by atoms with van der Waals surface area (Å²) < 4.78 is 69.1. The molecule has 4 rings (SSSR count). The number of halogens is 5. The van der Waals surface area contributed by atoms with E-state index in [4.69, 9.17) is 0 Å². The van der Waals surface area contributed by atoms with Crippen molar-refractivity contribution >= 4 is 21.8 Å². The van der Waals surface area contributed by atoms with Crippen molar-refractivity contribution in [2.24, 2.45) is 0 Å². The van der Waals surface area contributed by atoms with Gasteiger partial charge in [-0.1, -0.05) is 36.4 Å². The third-order valence-electron chi connectivity index (χ3n) is 4.60. The molecule has 2 nitrogen and oxygen atoms in total. The Hall–Kier alpha value is -2.83. The Bertz CT molecular complexity index is 1000. The van der Waals surface area contributed by atoms with Crippen molar-refractivity contribution in [2.45, 2.75) is 18.0 Å². The lowest BCUT2D eigenvalue weighted by Crippen LogP contribution is -2.42. The Labute approximate surface area is 144 Å². The van der Waals surface area contributed by atoms with E-state index in [1.165, 1.54) is 24.5 Å². The molecule has 2 aromatic heterocycles. The lowest BCUT2D eigenvalue weighted by Gasteiger charge is -2.28. The van der Waals surface area contributed by atoms with E-state index < -0.39 is 18.0 Å². The summed E-state index contributed by atoms with van der Waals surface area (Å²) in [7, 11) is 0. The third kappa shape index (κ3) is 2.38. The molecule has 0 amide bonds. The number of hydrogen-bond donors (Lipinski definition) is 2. The maximum absolute atomic E-state index is 14.6. The van der Waals surface area contributed by atoms with Gasteiger partial charge in [-0.15, -0.1) is 0 Å². The van der Waals surface area contributed by atoms with Crippen molar-refractivity contribution < 1.29 is 22.0 Å². The zero-order chi connectivity index (χ0) is 18.5. The minimum Gasteiger partial charge on any atom is -0.361 e. The normalized spacial score (nSPS) is 13.2. The van der Waals surface area contributed by atoms with Crippen LogP contribution in [0.15, 0.2) is 60.9 Å². The minimum absolute atomic E-state index is 0.0901. The highest BCUT2D eigenvalue weighted by atomic mass is 19.4. The molecule has 0 saturated carbocycles. The first-order chi connectivity index (χ1) is 12.3. The molecule has 0 fully saturated rings. The summed E-state index contributed by atoms with van der Waals surface area (Å²) in [4.78, 5) is 5.58. The molecular weight excluding hydrogens is 351 g/mol. The molecule has 0 bridgehead atoms. The standard InChI is InChI=1S/C19H13F5N2/c20-18(21,19(22,23)24)17(13-9-25-15-7-3-1-5-11(13)15)14-10-26-16-8-4-2-6-12(14)16/h1-10,17,25-26H. The number of aromatic nitrogens is 2. The van der Waals surface area contributed by atoms with Crippen LogP contribution in [0.1, 0.15) is 17.0 Å². The van der Waals surface area contributed by atoms with E-state index in [1.54, 1.807) is 36.4 Å². The van der Waals surface area contributed by atoms with Gasteiger partial charge < -0.3 is 9.97 Å². The van der Waals surface area contributed by atoms with Crippen molar-refractivity contribution in [1.82, 2.24) is 9.97 Å². The number of alkyl halides is 5. The zero-order valence-electron chi connectivity index (χ0n) is 13.2. The summed E-state index contributed by atoms with van der Waals surface area (Å²) in [6.45, 7) is 0. The van der Waals surface area contributed by atoms with Crippen LogP contribution in [0, 0.1) is 0 Å². The molecule has 0 saturated heterocycles. The van der Waals surface area contributed by atoms with Crippen LogP contribution >= 0.6 is 0 Å². The number of fused-ring (bicyclic) bond motifs is 2. The average Bonchev–Trinajstić information content (AvgIpc) is 3.20. The van der Waals surface area contributed by atoms with Crippen LogP contribution in [0.3, 0.4) is 0 Å². The van der Waals surface area contributed by atoms with Crippen LogP contribution in [0.4, 0.5) is 22.0 Å². The van der Waals surface area contributed by atoms with Gasteiger partial charge in [0.25, 0.3) is 0 Å². The Kier molecular flexibility index (Phi) is 3.57. The Morgan fingerprint density at radius 3 is 1.50 bits per heavy atom. The van der Waals surface area contributed by atoms with Crippen molar-refractivity contribution in [1.29, 1.82) is 0 Å². The second-order valence-electron chi connectivity index (χ2n) is 6.13. The lowest BCUT2D eigenvalue weighted by molar-refractivity contribution is -0.287. The SMILES string of the molecule is FC(F)(F)C(F)(F)C(c1c[nH]c2ccccc12)c1c[nH]c2ccccc12. The molecule has 2 aromatic carbocycles. The number of hydrogen-bond acceptors (Lipinski definition) is 0. The Morgan fingerprint density at radius 1 is 0.654 bits per heavy atom. The van der Waals surface area contributed by atoms with E-state index in [9.17, 15) is 22.0 Å². The van der Waals surface area contributed by atoms with E-state index >= 15 is 0 Å². The van der Waals surface area contributed by atoms with Crippen LogP contribution in [0.5, 0.6) is 0 Å². The van der Waals surface area contributed by atoms with Crippen LogP contribution in [0.25, 0.3) is 21.8 Å². The van der Waals surface area contributed by atoms with Gasteiger partial charge in [0.15, 0.2) is 0 Å². The summed E-state index contributed by atoms with van der Waals surface area (Å²) in [5.41, 5.74) is 0.830. The van der Waals surface area contributed by atoms with E-state index in [1.807, 2.05) is 0 Å². The van der Waals surface area contributed by atoms with Gasteiger partial charge in [-0.05, 0) is 23.3 Å². The molecule has 2 heterocycles. The third-order valence-corrected chi connectivity index (χ3v) is 4.60. The number of benzene rings is 2. The molecule has 0 spiro atoms. The van der Waals surface area contributed by atoms with E-state index in [-0.39, 0.29) is 11.1 Å². The van der Waals surface area contributed by atoms with Gasteiger partial charge in [-0.2, -0.15) is 22.0 Å². The molecule has 26 heavy (non-hydrogen) atoms. The highest BCUT2D eigenvalue weighted by Gasteiger charge is 2.63. The number of H-pyrrole nitrogens is 2. The topological polar surface area (TPSA) is 31.6 Å². The molecule has 0 aliphatic rings. The Morgan fingerprint density at radius 2 is 1.08 bits per heavy atom. The molecule has 134 valence electrons. The fourth-order valence-corrected chi connectivity index (χ4v) is 3.39. The minimum atomic E-state index is -5.69. The second kappa shape index (κ2) is 5.59. The molecule has 0 aliphatic heterocycles. The van der Waals surface area contributed by atoms with Gasteiger partial charge in [0.1, 0.15) is 0 Å². The molecule has 0 aliphatic carbocycles. The summed E-state index contributed by atoms with van der Waals surface area (Å²) >= 11 is 0. The fourth-order valence-electron chi connectivity index (χ4n) is 3.39. The molecule has 0 radical (unpaired) electrons. The predicted molar refractivity (Wildman–Crippen MR) is 89.4 cm³/mol. The molecule has 4 aromatic rings. The smallest absolute Gasteiger partial charge is 0.361 e. The largest absolute Gasteiger partial charge is 0.454 e. The highest BCUT2D eigenvalue weighted by molar-refractivity contribution is 5.88. The van der Waals surface area contributed by atoms with Crippen LogP contribution in [0.2, 0.25) is 0 Å². The summed E-state index contributed by atoms with van der Waals surface area (Å²) in [6, 6.07) is 12.9. The zero-order valence-corrected chi connectivity index (χ0v) is 13.2. The van der Waals surface area contributed by atoms with Crippen molar-refractivity contribution in [3.05, 3.63) is 72.1 Å². The molecular formula is C19H13F5N2.